The van der Waals surface area contributed by atoms with Crippen LogP contribution in [0.4, 0.5) is 0 Å². The number of aromatic nitrogens is 3. The van der Waals surface area contributed by atoms with Crippen molar-refractivity contribution in [3.63, 3.8) is 0 Å². The van der Waals surface area contributed by atoms with Gasteiger partial charge in [0, 0.05) is 7.05 Å². The minimum absolute atomic E-state index is 0.0833. The van der Waals surface area contributed by atoms with E-state index in [2.05, 4.69) is 28.5 Å². The zero-order chi connectivity index (χ0) is 19.3. The maximum atomic E-state index is 13.0. The van der Waals surface area contributed by atoms with E-state index in [4.69, 9.17) is 0 Å². The van der Waals surface area contributed by atoms with Crippen LogP contribution in [0.3, 0.4) is 0 Å². The Hall–Kier alpha value is -3.21. The van der Waals surface area contributed by atoms with Gasteiger partial charge in [-0.3, -0.25) is 4.79 Å². The van der Waals surface area contributed by atoms with Crippen LogP contribution >= 0.6 is 0 Å². The van der Waals surface area contributed by atoms with Gasteiger partial charge in [0.15, 0.2) is 5.69 Å². The highest BCUT2D eigenvalue weighted by molar-refractivity contribution is 5.92. The molecule has 0 saturated heterocycles. The molecule has 4 rings (SSSR count). The van der Waals surface area contributed by atoms with Crippen LogP contribution in [0.5, 0.6) is 0 Å². The topological polar surface area (TPSA) is 51.0 Å². The van der Waals surface area contributed by atoms with E-state index in [1.807, 2.05) is 60.5 Å². The Morgan fingerprint density at radius 1 is 1.18 bits per heavy atom. The summed E-state index contributed by atoms with van der Waals surface area (Å²) in [7, 11) is 1.86. The second-order valence-corrected chi connectivity index (χ2v) is 7.16. The maximum Gasteiger partial charge on any atom is 0.276 e. The highest BCUT2D eigenvalue weighted by atomic mass is 16.2. The molecule has 5 nitrogen and oxygen atoms in total. The van der Waals surface area contributed by atoms with Gasteiger partial charge in [-0.25, -0.2) is 4.68 Å². The molecule has 0 unspecified atom stereocenters. The van der Waals surface area contributed by atoms with Crippen molar-refractivity contribution in [2.75, 3.05) is 7.05 Å². The predicted molar refractivity (Wildman–Crippen MR) is 110 cm³/mol. The minimum atomic E-state index is -0.0833. The Kier molecular flexibility index (Phi) is 5.33. The Morgan fingerprint density at radius 2 is 1.96 bits per heavy atom. The molecule has 1 aromatic heterocycles. The van der Waals surface area contributed by atoms with Crippen molar-refractivity contribution in [2.45, 2.75) is 31.8 Å². The number of fused-ring (bicyclic) bond motifs is 1. The van der Waals surface area contributed by atoms with Crippen LogP contribution in [0.2, 0.25) is 0 Å². The van der Waals surface area contributed by atoms with Gasteiger partial charge in [-0.15, -0.1) is 5.10 Å². The maximum absolute atomic E-state index is 13.0. The van der Waals surface area contributed by atoms with Crippen molar-refractivity contribution in [1.82, 2.24) is 19.9 Å². The van der Waals surface area contributed by atoms with Gasteiger partial charge in [0.25, 0.3) is 5.91 Å². The molecule has 1 atom stereocenters. The smallest absolute Gasteiger partial charge is 0.276 e. The SMILES string of the molecule is CN(C(=O)c1cn(C/C=C/c2ccccc2)nn1)[C@H]1CCCc2ccccc21. The lowest BCUT2D eigenvalue weighted by Gasteiger charge is -2.32. The quantitative estimate of drug-likeness (QED) is 0.676. The number of hydrogen-bond acceptors (Lipinski definition) is 3. The fourth-order valence-corrected chi connectivity index (χ4v) is 3.80. The third-order valence-corrected chi connectivity index (χ3v) is 5.29. The molecule has 3 aromatic rings. The number of rotatable bonds is 5. The van der Waals surface area contributed by atoms with Crippen LogP contribution in [0, 0.1) is 0 Å². The van der Waals surface area contributed by atoms with Crippen LogP contribution in [-0.4, -0.2) is 32.8 Å². The second-order valence-electron chi connectivity index (χ2n) is 7.16. The first kappa shape index (κ1) is 18.2. The van der Waals surface area contributed by atoms with Crippen molar-refractivity contribution >= 4 is 12.0 Å². The summed E-state index contributed by atoms with van der Waals surface area (Å²) in [5, 5.41) is 8.21. The second kappa shape index (κ2) is 8.21. The van der Waals surface area contributed by atoms with E-state index in [-0.39, 0.29) is 11.9 Å². The first-order valence-electron chi connectivity index (χ1n) is 9.69. The summed E-state index contributed by atoms with van der Waals surface area (Å²) in [6, 6.07) is 18.6. The number of nitrogens with zero attached hydrogens (tertiary/aromatic N) is 4. The van der Waals surface area contributed by atoms with E-state index in [9.17, 15) is 4.79 Å². The minimum Gasteiger partial charge on any atom is -0.333 e. The molecule has 1 amide bonds. The summed E-state index contributed by atoms with van der Waals surface area (Å²) < 4.78 is 1.69. The van der Waals surface area contributed by atoms with Crippen LogP contribution in [0.15, 0.2) is 66.9 Å². The van der Waals surface area contributed by atoms with E-state index in [1.54, 1.807) is 10.9 Å². The average molecular weight is 372 g/mol. The number of carbonyl (C=O) groups is 1. The normalized spacial score (nSPS) is 16.1. The van der Waals surface area contributed by atoms with Gasteiger partial charge in [0.05, 0.1) is 18.8 Å². The molecule has 1 aliphatic carbocycles. The number of allylic oxidation sites excluding steroid dienone is 1. The van der Waals surface area contributed by atoms with Gasteiger partial charge in [0.1, 0.15) is 0 Å². The average Bonchev–Trinajstić information content (AvgIpc) is 3.22. The van der Waals surface area contributed by atoms with Gasteiger partial charge in [-0.05, 0) is 36.0 Å². The lowest BCUT2D eigenvalue weighted by molar-refractivity contribution is 0.0709. The van der Waals surface area contributed by atoms with Crippen molar-refractivity contribution in [3.05, 3.63) is 89.3 Å². The molecule has 0 N–H and O–H groups in total. The summed E-state index contributed by atoms with van der Waals surface area (Å²) in [5.74, 6) is -0.0833. The van der Waals surface area contributed by atoms with E-state index in [1.165, 1.54) is 11.1 Å². The largest absolute Gasteiger partial charge is 0.333 e. The molecular weight excluding hydrogens is 348 g/mol. The third-order valence-electron chi connectivity index (χ3n) is 5.29. The van der Waals surface area contributed by atoms with E-state index < -0.39 is 0 Å². The van der Waals surface area contributed by atoms with Crippen LogP contribution in [0.25, 0.3) is 6.08 Å². The van der Waals surface area contributed by atoms with Crippen LogP contribution in [0.1, 0.15) is 46.1 Å². The fourth-order valence-electron chi connectivity index (χ4n) is 3.80. The van der Waals surface area contributed by atoms with Gasteiger partial charge in [-0.1, -0.05) is 72.0 Å². The van der Waals surface area contributed by atoms with Gasteiger partial charge < -0.3 is 4.90 Å². The van der Waals surface area contributed by atoms with E-state index >= 15 is 0 Å². The number of carbonyl (C=O) groups excluding carboxylic acids is 1. The lowest BCUT2D eigenvalue weighted by atomic mass is 9.87. The van der Waals surface area contributed by atoms with Crippen molar-refractivity contribution < 1.29 is 4.79 Å². The summed E-state index contributed by atoms with van der Waals surface area (Å²) in [6.07, 6.45) is 8.93. The molecule has 142 valence electrons. The van der Waals surface area contributed by atoms with Crippen LogP contribution < -0.4 is 0 Å². The molecule has 0 bridgehead atoms. The molecule has 28 heavy (non-hydrogen) atoms. The lowest BCUT2D eigenvalue weighted by Crippen LogP contribution is -2.33. The molecular formula is C23H24N4O. The number of benzene rings is 2. The molecule has 5 heteroatoms. The summed E-state index contributed by atoms with van der Waals surface area (Å²) in [4.78, 5) is 14.8. The Bertz CT molecular complexity index is 977. The molecule has 2 aromatic carbocycles. The Morgan fingerprint density at radius 3 is 2.82 bits per heavy atom. The monoisotopic (exact) mass is 372 g/mol. The number of hydrogen-bond donors (Lipinski definition) is 0. The number of amides is 1. The highest BCUT2D eigenvalue weighted by Crippen LogP contribution is 2.33. The van der Waals surface area contributed by atoms with Gasteiger partial charge in [0.2, 0.25) is 0 Å². The first-order valence-corrected chi connectivity index (χ1v) is 9.69. The summed E-state index contributed by atoms with van der Waals surface area (Å²) in [5.41, 5.74) is 4.11. The highest BCUT2D eigenvalue weighted by Gasteiger charge is 2.28. The molecule has 1 aliphatic rings. The van der Waals surface area contributed by atoms with Crippen molar-refractivity contribution in [1.29, 1.82) is 0 Å². The van der Waals surface area contributed by atoms with Gasteiger partial charge >= 0.3 is 0 Å². The Labute approximate surface area is 165 Å². The standard InChI is InChI=1S/C23H24N4O/c1-26(22-15-7-13-19-12-5-6-14-20(19)22)23(28)21-17-27(25-24-21)16-8-11-18-9-3-2-4-10-18/h2-6,8-12,14,17,22H,7,13,15-16H2,1H3/b11-8+/t22-/m0/s1. The summed E-state index contributed by atoms with van der Waals surface area (Å²) >= 11 is 0. The molecule has 0 fully saturated rings. The molecule has 0 spiro atoms. The molecule has 1 heterocycles. The molecule has 0 radical (unpaired) electrons. The Balaban J connectivity index is 1.44. The van der Waals surface area contributed by atoms with Crippen molar-refractivity contribution in [2.24, 2.45) is 0 Å². The first-order chi connectivity index (χ1) is 13.7. The zero-order valence-corrected chi connectivity index (χ0v) is 16.0. The van der Waals surface area contributed by atoms with E-state index in [0.717, 1.165) is 24.8 Å². The summed E-state index contributed by atoms with van der Waals surface area (Å²) in [6.45, 7) is 0.575. The van der Waals surface area contributed by atoms with Crippen LogP contribution in [-0.2, 0) is 13.0 Å². The fraction of sp³-hybridized carbons (Fsp3) is 0.261. The van der Waals surface area contributed by atoms with Gasteiger partial charge in [-0.2, -0.15) is 0 Å². The molecule has 0 aliphatic heterocycles. The predicted octanol–water partition coefficient (Wildman–Crippen LogP) is 4.14. The molecule has 0 saturated carbocycles. The number of aryl methyl sites for hydroxylation is 1. The van der Waals surface area contributed by atoms with Crippen molar-refractivity contribution in [3.8, 4) is 0 Å². The zero-order valence-electron chi connectivity index (χ0n) is 16.0. The third kappa shape index (κ3) is 3.88. The van der Waals surface area contributed by atoms with E-state index in [0.29, 0.717) is 12.2 Å².